The molecule has 1 radical (unpaired) electrons. The largest absolute Gasteiger partial charge is 0.288 e. The van der Waals surface area contributed by atoms with Crippen LogP contribution in [0.5, 0.6) is 0 Å². The normalized spacial score (nSPS) is 18.6. The maximum Gasteiger partial charge on any atom is 0.208 e. The minimum Gasteiger partial charge on any atom is -0.288 e. The maximum atomic E-state index is 11.9. The van der Waals surface area contributed by atoms with Crippen LogP contribution in [0.2, 0.25) is 0 Å². The summed E-state index contributed by atoms with van der Waals surface area (Å²) in [5.74, 6) is 0. The summed E-state index contributed by atoms with van der Waals surface area (Å²) in [5.41, 5.74) is -0.666. The second kappa shape index (κ2) is 3.68. The van der Waals surface area contributed by atoms with Crippen LogP contribution in [-0.2, 0) is 9.84 Å². The Morgan fingerprint density at radius 1 is 1.29 bits per heavy atom. The quantitative estimate of drug-likeness (QED) is 0.707. The van der Waals surface area contributed by atoms with Gasteiger partial charge in [-0.05, 0) is 6.07 Å². The van der Waals surface area contributed by atoms with Crippen molar-refractivity contribution in [2.75, 3.05) is 13.1 Å². The Kier molecular flexibility index (Phi) is 2.54. The molecule has 1 aliphatic rings. The molecule has 0 spiro atoms. The molecule has 1 aromatic rings. The third-order valence-corrected chi connectivity index (χ3v) is 3.90. The lowest BCUT2D eigenvalue weighted by molar-refractivity contribution is 0.561. The number of nitrogens with one attached hydrogen (secondary N) is 2. The summed E-state index contributed by atoms with van der Waals surface area (Å²) in [6, 6.07) is 9.31. The van der Waals surface area contributed by atoms with Crippen LogP contribution in [0.25, 0.3) is 0 Å². The van der Waals surface area contributed by atoms with Crippen molar-refractivity contribution in [1.29, 1.82) is 0 Å². The Labute approximate surface area is 83.2 Å². The summed E-state index contributed by atoms with van der Waals surface area (Å²) < 4.78 is 23.8. The van der Waals surface area contributed by atoms with Crippen molar-refractivity contribution in [2.24, 2.45) is 0 Å². The highest BCUT2D eigenvalue weighted by molar-refractivity contribution is 7.92. The van der Waals surface area contributed by atoms with Crippen LogP contribution in [0.1, 0.15) is 0 Å². The van der Waals surface area contributed by atoms with E-state index in [2.05, 4.69) is 16.7 Å². The van der Waals surface area contributed by atoms with Crippen molar-refractivity contribution in [3.05, 3.63) is 30.3 Å². The highest BCUT2D eigenvalue weighted by Crippen LogP contribution is 2.13. The molecule has 1 aromatic carbocycles. The van der Waals surface area contributed by atoms with E-state index in [1.807, 2.05) is 0 Å². The van der Waals surface area contributed by atoms with Gasteiger partial charge >= 0.3 is 0 Å². The third kappa shape index (κ3) is 1.66. The Morgan fingerprint density at radius 3 is 2.57 bits per heavy atom. The van der Waals surface area contributed by atoms with Crippen LogP contribution in [0, 0.1) is 6.07 Å². The summed E-state index contributed by atoms with van der Waals surface area (Å²) in [7, 11) is -3.32. The van der Waals surface area contributed by atoms with E-state index in [4.69, 9.17) is 0 Å². The number of hydrogen-bond acceptors (Lipinski definition) is 4. The van der Waals surface area contributed by atoms with E-state index in [1.165, 1.54) is 0 Å². The maximum absolute atomic E-state index is 11.9. The van der Waals surface area contributed by atoms with Gasteiger partial charge < -0.3 is 0 Å². The molecular weight excluding hydrogens is 200 g/mol. The molecule has 1 fully saturated rings. The van der Waals surface area contributed by atoms with Crippen LogP contribution in [0.15, 0.2) is 29.2 Å². The topological polar surface area (TPSA) is 58.2 Å². The Balaban J connectivity index is 2.33. The molecule has 0 atom stereocenters. The zero-order valence-electron chi connectivity index (χ0n) is 7.53. The van der Waals surface area contributed by atoms with Gasteiger partial charge in [0.2, 0.25) is 9.84 Å². The molecule has 1 heterocycles. The van der Waals surface area contributed by atoms with Crippen molar-refractivity contribution < 1.29 is 8.42 Å². The Bertz CT molecular complexity index is 396. The summed E-state index contributed by atoms with van der Waals surface area (Å²) in [6.07, 6.45) is 0. The summed E-state index contributed by atoms with van der Waals surface area (Å²) in [6.45, 7) is 1.35. The molecule has 0 aromatic heterocycles. The lowest BCUT2D eigenvalue weighted by atomic mass is 10.4. The Morgan fingerprint density at radius 2 is 2.00 bits per heavy atom. The van der Waals surface area contributed by atoms with Gasteiger partial charge in [0.15, 0.2) is 5.50 Å². The van der Waals surface area contributed by atoms with E-state index in [-0.39, 0.29) is 4.90 Å². The van der Waals surface area contributed by atoms with Crippen molar-refractivity contribution in [3.63, 3.8) is 0 Å². The van der Waals surface area contributed by atoms with E-state index in [0.29, 0.717) is 13.1 Å². The van der Waals surface area contributed by atoms with Gasteiger partial charge in [-0.15, -0.1) is 0 Å². The van der Waals surface area contributed by atoms with Gasteiger partial charge in [0.25, 0.3) is 0 Å². The number of sulfone groups is 1. The third-order valence-electron chi connectivity index (χ3n) is 2.08. The second-order valence-electron chi connectivity index (χ2n) is 3.06. The first kappa shape index (κ1) is 9.64. The summed E-state index contributed by atoms with van der Waals surface area (Å²) in [5, 5.41) is 5.75. The molecule has 0 amide bonds. The predicted molar refractivity (Wildman–Crippen MR) is 52.3 cm³/mol. The van der Waals surface area contributed by atoms with Crippen molar-refractivity contribution >= 4 is 9.84 Å². The zero-order chi connectivity index (χ0) is 10.0. The average molecular weight is 211 g/mol. The first-order valence-electron chi connectivity index (χ1n) is 4.38. The van der Waals surface area contributed by atoms with E-state index >= 15 is 0 Å². The lowest BCUT2D eigenvalue weighted by Crippen LogP contribution is -2.39. The molecule has 0 saturated carbocycles. The molecule has 2 rings (SSSR count). The molecule has 1 saturated heterocycles. The average Bonchev–Trinajstić information content (AvgIpc) is 2.72. The van der Waals surface area contributed by atoms with E-state index in [1.54, 1.807) is 24.3 Å². The minimum atomic E-state index is -3.32. The van der Waals surface area contributed by atoms with E-state index in [9.17, 15) is 8.42 Å². The smallest absolute Gasteiger partial charge is 0.208 e. The number of benzene rings is 1. The van der Waals surface area contributed by atoms with Crippen LogP contribution in [0.3, 0.4) is 0 Å². The van der Waals surface area contributed by atoms with Gasteiger partial charge in [0, 0.05) is 19.2 Å². The molecule has 75 valence electrons. The van der Waals surface area contributed by atoms with Gasteiger partial charge in [-0.25, -0.2) is 8.42 Å². The first-order chi connectivity index (χ1) is 6.71. The molecule has 2 N–H and O–H groups in total. The zero-order valence-corrected chi connectivity index (χ0v) is 8.34. The van der Waals surface area contributed by atoms with Crippen LogP contribution in [-0.4, -0.2) is 27.0 Å². The van der Waals surface area contributed by atoms with Crippen LogP contribution in [0.4, 0.5) is 0 Å². The van der Waals surface area contributed by atoms with Crippen LogP contribution >= 0.6 is 0 Å². The second-order valence-corrected chi connectivity index (χ2v) is 5.06. The van der Waals surface area contributed by atoms with Gasteiger partial charge in [-0.3, -0.25) is 10.6 Å². The van der Waals surface area contributed by atoms with Gasteiger partial charge in [-0.2, -0.15) is 0 Å². The molecular formula is C9H11N2O2S. The standard InChI is InChI=1S/C9H11N2O2S/c12-14(13,9-10-6-7-11-9)8-4-2-1-3-5-8/h1-4,9-11H,6-7H2. The monoisotopic (exact) mass is 211 g/mol. The van der Waals surface area contributed by atoms with Gasteiger partial charge in [0.1, 0.15) is 0 Å². The SMILES string of the molecule is O=S(=O)(c1[c]cccc1)C1NCCN1. The van der Waals surface area contributed by atoms with Crippen LogP contribution < -0.4 is 10.6 Å². The van der Waals surface area contributed by atoms with E-state index < -0.39 is 15.3 Å². The predicted octanol–water partition coefficient (Wildman–Crippen LogP) is -0.263. The number of hydrogen-bond donors (Lipinski definition) is 2. The summed E-state index contributed by atoms with van der Waals surface area (Å²) in [4.78, 5) is 0.229. The minimum absolute atomic E-state index is 0.229. The Hall–Kier alpha value is -0.910. The summed E-state index contributed by atoms with van der Waals surface area (Å²) >= 11 is 0. The highest BCUT2D eigenvalue weighted by Gasteiger charge is 2.29. The molecule has 14 heavy (non-hydrogen) atoms. The fourth-order valence-corrected chi connectivity index (χ4v) is 2.81. The highest BCUT2D eigenvalue weighted by atomic mass is 32.2. The van der Waals surface area contributed by atoms with Gasteiger partial charge in [-0.1, -0.05) is 18.2 Å². The van der Waals surface area contributed by atoms with Crippen molar-refractivity contribution in [1.82, 2.24) is 10.6 Å². The van der Waals surface area contributed by atoms with Gasteiger partial charge in [0.05, 0.1) is 4.90 Å². The molecule has 0 unspecified atom stereocenters. The molecule has 0 aliphatic carbocycles. The first-order valence-corrected chi connectivity index (χ1v) is 5.93. The van der Waals surface area contributed by atoms with E-state index in [0.717, 1.165) is 0 Å². The number of rotatable bonds is 2. The fraction of sp³-hybridized carbons (Fsp3) is 0.333. The molecule has 4 nitrogen and oxygen atoms in total. The molecule has 1 aliphatic heterocycles. The lowest BCUT2D eigenvalue weighted by Gasteiger charge is -2.11. The fourth-order valence-electron chi connectivity index (χ4n) is 1.38. The van der Waals surface area contributed by atoms with Crippen molar-refractivity contribution in [3.8, 4) is 0 Å². The van der Waals surface area contributed by atoms with Crippen molar-refractivity contribution in [2.45, 2.75) is 10.4 Å². The molecule has 0 bridgehead atoms. The molecule has 5 heteroatoms.